The predicted octanol–water partition coefficient (Wildman–Crippen LogP) is 4.21. The van der Waals surface area contributed by atoms with Crippen LogP contribution in [0.25, 0.3) is 0 Å². The molecule has 1 atom stereocenters. The molecule has 2 rings (SSSR count). The molecule has 0 spiro atoms. The van der Waals surface area contributed by atoms with Crippen LogP contribution in [0, 0.1) is 12.8 Å². The van der Waals surface area contributed by atoms with Gasteiger partial charge in [-0.15, -0.1) is 0 Å². The fourth-order valence-electron chi connectivity index (χ4n) is 3.04. The van der Waals surface area contributed by atoms with Crippen molar-refractivity contribution in [1.82, 2.24) is 5.32 Å². The third-order valence-corrected chi connectivity index (χ3v) is 3.98. The molecule has 2 nitrogen and oxygen atoms in total. The van der Waals surface area contributed by atoms with E-state index in [4.69, 9.17) is 4.42 Å². The van der Waals surface area contributed by atoms with Crippen LogP contribution < -0.4 is 5.32 Å². The molecule has 1 aromatic heterocycles. The third-order valence-electron chi connectivity index (χ3n) is 3.98. The molecule has 17 heavy (non-hydrogen) atoms. The summed E-state index contributed by atoms with van der Waals surface area (Å²) in [6, 6.07) is 2.50. The van der Waals surface area contributed by atoms with E-state index in [1.165, 1.54) is 49.8 Å². The van der Waals surface area contributed by atoms with Gasteiger partial charge in [-0.25, -0.2) is 0 Å². The molecule has 0 aliphatic heterocycles. The maximum absolute atomic E-state index is 5.71. The van der Waals surface area contributed by atoms with Crippen molar-refractivity contribution >= 4 is 0 Å². The van der Waals surface area contributed by atoms with Crippen molar-refractivity contribution in [2.24, 2.45) is 5.92 Å². The number of rotatable bonds is 4. The molecular formula is C15H25NO. The standard InChI is InChI=1S/C15H25NO/c1-3-16-14(15-12(2)10-11-17-15)13-8-6-4-5-7-9-13/h10-11,13-14,16H,3-9H2,1-2H3. The zero-order valence-electron chi connectivity index (χ0n) is 11.2. The van der Waals surface area contributed by atoms with Crippen molar-refractivity contribution in [3.05, 3.63) is 23.7 Å². The molecule has 1 aromatic rings. The molecule has 0 saturated heterocycles. The van der Waals surface area contributed by atoms with Gasteiger partial charge in [-0.05, 0) is 43.9 Å². The van der Waals surface area contributed by atoms with Crippen LogP contribution in [-0.4, -0.2) is 6.54 Å². The predicted molar refractivity (Wildman–Crippen MR) is 71.1 cm³/mol. The SMILES string of the molecule is CCNC(c1occc1C)C1CCCCCC1. The highest BCUT2D eigenvalue weighted by atomic mass is 16.3. The van der Waals surface area contributed by atoms with E-state index in [0.717, 1.165) is 12.5 Å². The molecule has 2 heteroatoms. The van der Waals surface area contributed by atoms with E-state index < -0.39 is 0 Å². The summed E-state index contributed by atoms with van der Waals surface area (Å²) in [5.41, 5.74) is 1.29. The zero-order valence-corrected chi connectivity index (χ0v) is 11.2. The van der Waals surface area contributed by atoms with Gasteiger partial charge in [0.15, 0.2) is 0 Å². The minimum absolute atomic E-state index is 0.424. The number of nitrogens with one attached hydrogen (secondary N) is 1. The minimum Gasteiger partial charge on any atom is -0.467 e. The molecule has 1 aliphatic carbocycles. The smallest absolute Gasteiger partial charge is 0.123 e. The largest absolute Gasteiger partial charge is 0.467 e. The lowest BCUT2D eigenvalue weighted by Crippen LogP contribution is -2.28. The number of furan rings is 1. The number of hydrogen-bond acceptors (Lipinski definition) is 2. The molecule has 0 radical (unpaired) electrons. The van der Waals surface area contributed by atoms with Crippen molar-refractivity contribution < 1.29 is 4.42 Å². The average molecular weight is 235 g/mol. The summed E-state index contributed by atoms with van der Waals surface area (Å²) in [4.78, 5) is 0. The Morgan fingerprint density at radius 3 is 2.53 bits per heavy atom. The Hall–Kier alpha value is -0.760. The van der Waals surface area contributed by atoms with E-state index >= 15 is 0 Å². The first kappa shape index (κ1) is 12.7. The van der Waals surface area contributed by atoms with Crippen LogP contribution in [0.3, 0.4) is 0 Å². The number of hydrogen-bond donors (Lipinski definition) is 1. The fourth-order valence-corrected chi connectivity index (χ4v) is 3.04. The molecule has 1 saturated carbocycles. The molecule has 96 valence electrons. The highest BCUT2D eigenvalue weighted by Gasteiger charge is 2.26. The van der Waals surface area contributed by atoms with Crippen LogP contribution in [0.2, 0.25) is 0 Å². The molecule has 1 aliphatic rings. The van der Waals surface area contributed by atoms with Gasteiger partial charge in [0.25, 0.3) is 0 Å². The van der Waals surface area contributed by atoms with Gasteiger partial charge in [-0.1, -0.05) is 32.6 Å². The topological polar surface area (TPSA) is 25.2 Å². The minimum atomic E-state index is 0.424. The summed E-state index contributed by atoms with van der Waals surface area (Å²) in [6.07, 6.45) is 10.1. The molecule has 1 fully saturated rings. The van der Waals surface area contributed by atoms with Gasteiger partial charge in [0.1, 0.15) is 5.76 Å². The normalized spacial score (nSPS) is 20.1. The van der Waals surface area contributed by atoms with Crippen molar-refractivity contribution in [1.29, 1.82) is 0 Å². The Balaban J connectivity index is 2.13. The van der Waals surface area contributed by atoms with E-state index in [2.05, 4.69) is 25.2 Å². The van der Waals surface area contributed by atoms with E-state index in [1.807, 2.05) is 6.26 Å². The molecule has 1 N–H and O–H groups in total. The van der Waals surface area contributed by atoms with Gasteiger partial charge in [-0.2, -0.15) is 0 Å². The van der Waals surface area contributed by atoms with E-state index in [-0.39, 0.29) is 0 Å². The zero-order chi connectivity index (χ0) is 12.1. The Kier molecular flexibility index (Phi) is 4.66. The van der Waals surface area contributed by atoms with Crippen LogP contribution in [0.4, 0.5) is 0 Å². The van der Waals surface area contributed by atoms with Crippen LogP contribution in [0.15, 0.2) is 16.7 Å². The highest BCUT2D eigenvalue weighted by Crippen LogP contribution is 2.35. The van der Waals surface area contributed by atoms with Crippen molar-refractivity contribution in [3.8, 4) is 0 Å². The summed E-state index contributed by atoms with van der Waals surface area (Å²) >= 11 is 0. The quantitative estimate of drug-likeness (QED) is 0.791. The molecular weight excluding hydrogens is 210 g/mol. The van der Waals surface area contributed by atoms with Gasteiger partial charge < -0.3 is 9.73 Å². The van der Waals surface area contributed by atoms with Crippen LogP contribution in [0.5, 0.6) is 0 Å². The Morgan fingerprint density at radius 1 is 1.29 bits per heavy atom. The lowest BCUT2D eigenvalue weighted by molar-refractivity contribution is 0.286. The summed E-state index contributed by atoms with van der Waals surface area (Å²) in [5, 5.41) is 3.63. The second-order valence-electron chi connectivity index (χ2n) is 5.25. The first-order valence-corrected chi connectivity index (χ1v) is 7.10. The van der Waals surface area contributed by atoms with E-state index in [0.29, 0.717) is 6.04 Å². The average Bonchev–Trinajstić information content (AvgIpc) is 2.60. The lowest BCUT2D eigenvalue weighted by atomic mass is 9.89. The summed E-state index contributed by atoms with van der Waals surface area (Å²) in [5.74, 6) is 1.92. The van der Waals surface area contributed by atoms with Gasteiger partial charge in [0, 0.05) is 0 Å². The fraction of sp³-hybridized carbons (Fsp3) is 0.733. The molecule has 0 amide bonds. The molecule has 0 aromatic carbocycles. The molecule has 1 heterocycles. The van der Waals surface area contributed by atoms with Crippen molar-refractivity contribution in [3.63, 3.8) is 0 Å². The maximum Gasteiger partial charge on any atom is 0.123 e. The first-order valence-electron chi connectivity index (χ1n) is 7.10. The van der Waals surface area contributed by atoms with Crippen LogP contribution in [-0.2, 0) is 0 Å². The van der Waals surface area contributed by atoms with Crippen molar-refractivity contribution in [2.45, 2.75) is 58.4 Å². The second-order valence-corrected chi connectivity index (χ2v) is 5.25. The maximum atomic E-state index is 5.71. The van der Waals surface area contributed by atoms with Gasteiger partial charge >= 0.3 is 0 Å². The Morgan fingerprint density at radius 2 is 2.00 bits per heavy atom. The van der Waals surface area contributed by atoms with Crippen LogP contribution in [0.1, 0.15) is 62.8 Å². The van der Waals surface area contributed by atoms with E-state index in [9.17, 15) is 0 Å². The van der Waals surface area contributed by atoms with E-state index in [1.54, 1.807) is 0 Å². The second kappa shape index (κ2) is 6.25. The van der Waals surface area contributed by atoms with Crippen molar-refractivity contribution in [2.75, 3.05) is 6.54 Å². The summed E-state index contributed by atoms with van der Waals surface area (Å²) in [6.45, 7) is 5.35. The monoisotopic (exact) mass is 235 g/mol. The highest BCUT2D eigenvalue weighted by molar-refractivity contribution is 5.19. The molecule has 1 unspecified atom stereocenters. The van der Waals surface area contributed by atoms with Gasteiger partial charge in [-0.3, -0.25) is 0 Å². The van der Waals surface area contributed by atoms with Crippen LogP contribution >= 0.6 is 0 Å². The molecule has 0 bridgehead atoms. The van der Waals surface area contributed by atoms with Gasteiger partial charge in [0.05, 0.1) is 12.3 Å². The third kappa shape index (κ3) is 3.12. The summed E-state index contributed by atoms with van der Waals surface area (Å²) < 4.78 is 5.71. The van der Waals surface area contributed by atoms with Gasteiger partial charge in [0.2, 0.25) is 0 Å². The number of aryl methyl sites for hydroxylation is 1. The first-order chi connectivity index (χ1) is 8.33. The summed E-state index contributed by atoms with van der Waals surface area (Å²) in [7, 11) is 0. The lowest BCUT2D eigenvalue weighted by Gasteiger charge is -2.26. The Bertz CT molecular complexity index is 323. The Labute approximate surface area is 105 Å².